The van der Waals surface area contributed by atoms with E-state index in [1.165, 1.54) is 42.4 Å². The molecule has 14 heavy (non-hydrogen) atoms. The molecule has 0 aliphatic heterocycles. The maximum Gasteiger partial charge on any atom is 0.0379 e. The Morgan fingerprint density at radius 1 is 1.14 bits per heavy atom. The van der Waals surface area contributed by atoms with Gasteiger partial charge in [0.15, 0.2) is 0 Å². The third-order valence-corrected chi connectivity index (χ3v) is 3.36. The number of hydrogen-bond donors (Lipinski definition) is 1. The summed E-state index contributed by atoms with van der Waals surface area (Å²) >= 11 is 0. The zero-order chi connectivity index (χ0) is 10.1. The summed E-state index contributed by atoms with van der Waals surface area (Å²) in [6.07, 6.45) is 5.40. The molecule has 2 rings (SSSR count). The van der Waals surface area contributed by atoms with Crippen molar-refractivity contribution in [3.05, 3.63) is 28.8 Å². The lowest BCUT2D eigenvalue weighted by Gasteiger charge is -2.15. The van der Waals surface area contributed by atoms with E-state index in [9.17, 15) is 0 Å². The monoisotopic (exact) mass is 189 g/mol. The predicted molar refractivity (Wildman–Crippen MR) is 61.5 cm³/mol. The van der Waals surface area contributed by atoms with Crippen LogP contribution in [0.15, 0.2) is 12.1 Å². The summed E-state index contributed by atoms with van der Waals surface area (Å²) in [7, 11) is 0. The van der Waals surface area contributed by atoms with Crippen molar-refractivity contribution in [1.29, 1.82) is 0 Å². The Labute approximate surface area is 86.3 Å². The third-order valence-electron chi connectivity index (χ3n) is 3.36. The zero-order valence-electron chi connectivity index (χ0n) is 9.14. The maximum absolute atomic E-state index is 6.13. The van der Waals surface area contributed by atoms with Gasteiger partial charge in [-0.25, -0.2) is 0 Å². The molecule has 0 unspecified atom stereocenters. The van der Waals surface area contributed by atoms with Gasteiger partial charge in [0.2, 0.25) is 0 Å². The molecule has 1 aromatic carbocycles. The lowest BCUT2D eigenvalue weighted by Crippen LogP contribution is -2.02. The van der Waals surface area contributed by atoms with Crippen LogP contribution in [0.1, 0.15) is 48.3 Å². The average molecular weight is 189 g/mol. The lowest BCUT2D eigenvalue weighted by molar-refractivity contribution is 0.724. The van der Waals surface area contributed by atoms with Crippen LogP contribution < -0.4 is 5.73 Å². The Morgan fingerprint density at radius 2 is 1.79 bits per heavy atom. The lowest BCUT2D eigenvalue weighted by atomic mass is 9.92. The first-order valence-electron chi connectivity index (χ1n) is 5.55. The Bertz CT molecular complexity index is 335. The molecule has 1 fully saturated rings. The first-order valence-corrected chi connectivity index (χ1v) is 5.55. The van der Waals surface area contributed by atoms with Gasteiger partial charge < -0.3 is 5.73 Å². The highest BCUT2D eigenvalue weighted by atomic mass is 14.6. The maximum atomic E-state index is 6.13. The van der Waals surface area contributed by atoms with E-state index in [1.54, 1.807) is 0 Å². The van der Waals surface area contributed by atoms with E-state index in [4.69, 9.17) is 5.73 Å². The van der Waals surface area contributed by atoms with Gasteiger partial charge in [0.1, 0.15) is 0 Å². The smallest absolute Gasteiger partial charge is 0.0379 e. The quantitative estimate of drug-likeness (QED) is 0.672. The van der Waals surface area contributed by atoms with Crippen LogP contribution in [0.5, 0.6) is 0 Å². The van der Waals surface area contributed by atoms with Crippen molar-refractivity contribution in [3.8, 4) is 0 Å². The number of anilines is 1. The van der Waals surface area contributed by atoms with Gasteiger partial charge in [0.05, 0.1) is 0 Å². The molecule has 1 aromatic rings. The van der Waals surface area contributed by atoms with Crippen LogP contribution in [0.4, 0.5) is 5.69 Å². The van der Waals surface area contributed by atoms with Crippen LogP contribution >= 0.6 is 0 Å². The van der Waals surface area contributed by atoms with E-state index in [2.05, 4.69) is 26.0 Å². The van der Waals surface area contributed by atoms with Crippen molar-refractivity contribution in [2.45, 2.75) is 45.4 Å². The molecule has 0 atom stereocenters. The molecule has 76 valence electrons. The third kappa shape index (κ3) is 1.63. The second-order valence-electron chi connectivity index (χ2n) is 4.57. The Morgan fingerprint density at radius 3 is 2.43 bits per heavy atom. The molecule has 0 saturated heterocycles. The molecule has 1 heteroatoms. The highest BCUT2D eigenvalue weighted by Crippen LogP contribution is 2.38. The summed E-state index contributed by atoms with van der Waals surface area (Å²) in [5.41, 5.74) is 11.2. The zero-order valence-corrected chi connectivity index (χ0v) is 9.14. The first kappa shape index (κ1) is 9.57. The number of hydrogen-bond acceptors (Lipinski definition) is 1. The van der Waals surface area contributed by atoms with Crippen LogP contribution in [0.3, 0.4) is 0 Å². The van der Waals surface area contributed by atoms with Crippen molar-refractivity contribution in [2.24, 2.45) is 0 Å². The molecule has 1 aliphatic rings. The van der Waals surface area contributed by atoms with Gasteiger partial charge in [-0.2, -0.15) is 0 Å². The van der Waals surface area contributed by atoms with Gasteiger partial charge in [-0.05, 0) is 43.7 Å². The molecule has 0 bridgehead atoms. The summed E-state index contributed by atoms with van der Waals surface area (Å²) in [5, 5.41) is 0. The fourth-order valence-corrected chi connectivity index (χ4v) is 2.59. The second kappa shape index (κ2) is 3.64. The molecule has 2 N–H and O–H groups in total. The Balaban J connectivity index is 2.40. The Kier molecular flexibility index (Phi) is 2.49. The molecular weight excluding hydrogens is 170 g/mol. The van der Waals surface area contributed by atoms with E-state index >= 15 is 0 Å². The molecule has 0 aromatic heterocycles. The summed E-state index contributed by atoms with van der Waals surface area (Å²) < 4.78 is 0. The highest BCUT2D eigenvalue weighted by molar-refractivity contribution is 5.56. The van der Waals surface area contributed by atoms with Gasteiger partial charge in [-0.1, -0.05) is 30.5 Å². The van der Waals surface area contributed by atoms with E-state index < -0.39 is 0 Å². The number of nitrogens with two attached hydrogens (primary N) is 1. The minimum absolute atomic E-state index is 0.730. The summed E-state index contributed by atoms with van der Waals surface area (Å²) in [4.78, 5) is 0. The summed E-state index contributed by atoms with van der Waals surface area (Å²) in [6, 6.07) is 4.45. The number of benzene rings is 1. The van der Waals surface area contributed by atoms with Gasteiger partial charge >= 0.3 is 0 Å². The predicted octanol–water partition coefficient (Wildman–Crippen LogP) is 3.54. The van der Waals surface area contributed by atoms with Crippen LogP contribution in [-0.2, 0) is 0 Å². The molecule has 1 aliphatic carbocycles. The standard InChI is InChI=1S/C13H19N/c1-9-7-10(2)13(14)12(8-9)11-5-3-4-6-11/h7-8,11H,3-6,14H2,1-2H3. The van der Waals surface area contributed by atoms with Gasteiger partial charge in [-0.15, -0.1) is 0 Å². The van der Waals surface area contributed by atoms with E-state index in [0.717, 1.165) is 11.6 Å². The van der Waals surface area contributed by atoms with Gasteiger partial charge in [-0.3, -0.25) is 0 Å². The van der Waals surface area contributed by atoms with Crippen molar-refractivity contribution in [3.63, 3.8) is 0 Å². The normalized spacial score (nSPS) is 17.6. The fourth-order valence-electron chi connectivity index (χ4n) is 2.59. The van der Waals surface area contributed by atoms with E-state index in [1.807, 2.05) is 0 Å². The molecule has 0 heterocycles. The van der Waals surface area contributed by atoms with E-state index in [0.29, 0.717) is 0 Å². The summed E-state index contributed by atoms with van der Waals surface area (Å²) in [5.74, 6) is 0.730. The van der Waals surface area contributed by atoms with E-state index in [-0.39, 0.29) is 0 Å². The van der Waals surface area contributed by atoms with Crippen LogP contribution in [0.2, 0.25) is 0 Å². The van der Waals surface area contributed by atoms with Crippen molar-refractivity contribution < 1.29 is 0 Å². The minimum Gasteiger partial charge on any atom is -0.398 e. The molecule has 1 nitrogen and oxygen atoms in total. The van der Waals surface area contributed by atoms with Crippen molar-refractivity contribution in [2.75, 3.05) is 5.73 Å². The topological polar surface area (TPSA) is 26.0 Å². The second-order valence-corrected chi connectivity index (χ2v) is 4.57. The Hall–Kier alpha value is -0.980. The molecule has 1 saturated carbocycles. The van der Waals surface area contributed by atoms with Crippen molar-refractivity contribution in [1.82, 2.24) is 0 Å². The highest BCUT2D eigenvalue weighted by Gasteiger charge is 2.19. The fraction of sp³-hybridized carbons (Fsp3) is 0.538. The number of aryl methyl sites for hydroxylation is 2. The molecule has 0 amide bonds. The van der Waals surface area contributed by atoms with Crippen LogP contribution in [0, 0.1) is 13.8 Å². The molecular formula is C13H19N. The van der Waals surface area contributed by atoms with Crippen LogP contribution in [0.25, 0.3) is 0 Å². The first-order chi connectivity index (χ1) is 6.68. The minimum atomic E-state index is 0.730. The number of rotatable bonds is 1. The molecule has 0 radical (unpaired) electrons. The van der Waals surface area contributed by atoms with Gasteiger partial charge in [0.25, 0.3) is 0 Å². The van der Waals surface area contributed by atoms with Crippen LogP contribution in [-0.4, -0.2) is 0 Å². The number of nitrogen functional groups attached to an aromatic ring is 1. The van der Waals surface area contributed by atoms with Crippen molar-refractivity contribution >= 4 is 5.69 Å². The molecule has 0 spiro atoms. The average Bonchev–Trinajstić information content (AvgIpc) is 2.63. The van der Waals surface area contributed by atoms with Gasteiger partial charge in [0, 0.05) is 5.69 Å². The summed E-state index contributed by atoms with van der Waals surface area (Å²) in [6.45, 7) is 4.27. The SMILES string of the molecule is Cc1cc(C)c(N)c(C2CCCC2)c1. The largest absolute Gasteiger partial charge is 0.398 e.